The second-order valence-electron chi connectivity index (χ2n) is 6.88. The average Bonchev–Trinajstić information content (AvgIpc) is 3.25. The summed E-state index contributed by atoms with van der Waals surface area (Å²) >= 11 is 1.33. The monoisotopic (exact) mass is 463 g/mol. The third-order valence-electron chi connectivity index (χ3n) is 4.22. The lowest BCUT2D eigenvalue weighted by molar-refractivity contribution is -0.275. The predicted molar refractivity (Wildman–Crippen MR) is 117 cm³/mol. The molecular weight excluding hydrogens is 443 g/mol. The minimum absolute atomic E-state index is 0.0444. The molecule has 0 aliphatic carbocycles. The summed E-state index contributed by atoms with van der Waals surface area (Å²) in [7, 11) is 1.62. The van der Waals surface area contributed by atoms with Crippen LogP contribution in [0.5, 0.6) is 5.75 Å². The highest BCUT2D eigenvalue weighted by molar-refractivity contribution is 7.12. The van der Waals surface area contributed by atoms with Crippen LogP contribution < -0.4 is 15.4 Å². The summed E-state index contributed by atoms with van der Waals surface area (Å²) in [6.07, 6.45) is -4.79. The van der Waals surface area contributed by atoms with Gasteiger partial charge in [-0.1, -0.05) is 24.3 Å². The fourth-order valence-electron chi connectivity index (χ4n) is 2.89. The number of hydrogen-bond acceptors (Lipinski definition) is 5. The number of anilines is 2. The Balaban J connectivity index is 1.52. The van der Waals surface area contributed by atoms with E-state index in [2.05, 4.69) is 15.4 Å². The Morgan fingerprint density at radius 1 is 0.969 bits per heavy atom. The molecule has 0 radical (unpaired) electrons. The molecule has 2 amide bonds. The van der Waals surface area contributed by atoms with Crippen molar-refractivity contribution in [2.24, 2.45) is 0 Å². The third kappa shape index (κ3) is 7.10. The number of rotatable bonds is 8. The van der Waals surface area contributed by atoms with Gasteiger partial charge >= 0.3 is 6.36 Å². The smallest absolute Gasteiger partial charge is 0.405 e. The van der Waals surface area contributed by atoms with E-state index in [0.29, 0.717) is 21.8 Å². The van der Waals surface area contributed by atoms with Crippen molar-refractivity contribution in [3.05, 3.63) is 76.5 Å². The third-order valence-corrected chi connectivity index (χ3v) is 5.09. The number of hydrogen-bond donors (Lipinski definition) is 2. The van der Waals surface area contributed by atoms with Crippen LogP contribution >= 0.6 is 11.3 Å². The molecule has 1 heterocycles. The van der Waals surface area contributed by atoms with Crippen LogP contribution in [0.15, 0.2) is 66.0 Å². The summed E-state index contributed by atoms with van der Waals surface area (Å²) in [4.78, 5) is 26.5. The lowest BCUT2D eigenvalue weighted by atomic mass is 10.2. The van der Waals surface area contributed by atoms with E-state index >= 15 is 0 Å². The van der Waals surface area contributed by atoms with Crippen LogP contribution in [0.4, 0.5) is 24.5 Å². The van der Waals surface area contributed by atoms with E-state index in [1.54, 1.807) is 54.4 Å². The number of likely N-dealkylation sites (N-methyl/N-ethyl adjacent to an activating group) is 1. The van der Waals surface area contributed by atoms with E-state index in [0.717, 1.165) is 0 Å². The Labute approximate surface area is 186 Å². The molecule has 2 aromatic carbocycles. The number of carbonyl (C=O) groups excluding carboxylic acids is 2. The maximum Gasteiger partial charge on any atom is 0.573 e. The first-order chi connectivity index (χ1) is 15.2. The number of thiophene rings is 1. The minimum Gasteiger partial charge on any atom is -0.405 e. The minimum atomic E-state index is -4.79. The maximum atomic E-state index is 12.6. The predicted octanol–water partition coefficient (Wildman–Crippen LogP) is 4.97. The molecule has 1 aromatic heterocycles. The Morgan fingerprint density at radius 3 is 2.25 bits per heavy atom. The Kier molecular flexibility index (Phi) is 7.49. The van der Waals surface area contributed by atoms with Crippen molar-refractivity contribution in [2.45, 2.75) is 12.9 Å². The molecule has 0 saturated carbocycles. The van der Waals surface area contributed by atoms with E-state index in [9.17, 15) is 22.8 Å². The summed E-state index contributed by atoms with van der Waals surface area (Å²) in [5.74, 6) is -0.849. The molecule has 3 rings (SSSR count). The van der Waals surface area contributed by atoms with E-state index in [-0.39, 0.29) is 30.7 Å². The van der Waals surface area contributed by atoms with Crippen molar-refractivity contribution >= 4 is 34.5 Å². The summed E-state index contributed by atoms with van der Waals surface area (Å²) in [5.41, 5.74) is 1.42. The van der Waals surface area contributed by atoms with Gasteiger partial charge in [-0.15, -0.1) is 24.5 Å². The van der Waals surface area contributed by atoms with Crippen molar-refractivity contribution in [1.82, 2.24) is 4.90 Å². The van der Waals surface area contributed by atoms with Gasteiger partial charge < -0.3 is 15.4 Å². The number of amides is 2. The summed E-state index contributed by atoms with van der Waals surface area (Å²) in [6.45, 7) is 0.0462. The molecule has 168 valence electrons. The zero-order valence-electron chi connectivity index (χ0n) is 17.0. The van der Waals surface area contributed by atoms with Crippen LogP contribution in [-0.2, 0) is 11.3 Å². The molecule has 32 heavy (non-hydrogen) atoms. The molecule has 6 nitrogen and oxygen atoms in total. The van der Waals surface area contributed by atoms with Crippen molar-refractivity contribution in [3.8, 4) is 5.75 Å². The molecule has 0 unspecified atom stereocenters. The second-order valence-corrected chi connectivity index (χ2v) is 7.83. The number of nitrogens with zero attached hydrogens (tertiary/aromatic N) is 1. The van der Waals surface area contributed by atoms with Crippen LogP contribution in [0.2, 0.25) is 0 Å². The van der Waals surface area contributed by atoms with Crippen LogP contribution in [0.25, 0.3) is 0 Å². The normalized spacial score (nSPS) is 11.3. The van der Waals surface area contributed by atoms with E-state index in [4.69, 9.17) is 0 Å². The molecule has 0 saturated heterocycles. The van der Waals surface area contributed by atoms with E-state index in [1.807, 2.05) is 5.38 Å². The molecule has 0 aliphatic heterocycles. The number of carbonyl (C=O) groups is 2. The van der Waals surface area contributed by atoms with Crippen LogP contribution in [-0.4, -0.2) is 36.7 Å². The maximum absolute atomic E-state index is 12.6. The quantitative estimate of drug-likeness (QED) is 0.495. The van der Waals surface area contributed by atoms with Gasteiger partial charge in [-0.3, -0.25) is 14.5 Å². The molecule has 0 fully saturated rings. The largest absolute Gasteiger partial charge is 0.573 e. The highest BCUT2D eigenvalue weighted by atomic mass is 32.1. The van der Waals surface area contributed by atoms with Crippen molar-refractivity contribution in [2.75, 3.05) is 24.2 Å². The van der Waals surface area contributed by atoms with Crippen molar-refractivity contribution < 1.29 is 27.5 Å². The number of nitrogens with one attached hydrogen (secondary N) is 2. The fourth-order valence-corrected chi connectivity index (χ4v) is 3.51. The standard InChI is InChI=1S/C22H20F3N3O3S/c1-28(13-15-5-2-3-6-18(15)31-22(23,24)25)14-20(29)26-16-8-10-17(11-9-16)27-21(30)19-7-4-12-32-19/h2-12H,13-14H2,1H3,(H,26,29)(H,27,30). The topological polar surface area (TPSA) is 70.7 Å². The van der Waals surface area contributed by atoms with Gasteiger partial charge in [-0.2, -0.15) is 0 Å². The summed E-state index contributed by atoms with van der Waals surface area (Å²) < 4.78 is 41.7. The van der Waals surface area contributed by atoms with Crippen LogP contribution in [0, 0.1) is 0 Å². The first-order valence-corrected chi connectivity index (χ1v) is 10.3. The highest BCUT2D eigenvalue weighted by Gasteiger charge is 2.32. The van der Waals surface area contributed by atoms with Crippen molar-refractivity contribution in [3.63, 3.8) is 0 Å². The van der Waals surface area contributed by atoms with Gasteiger partial charge in [-0.05, 0) is 48.8 Å². The SMILES string of the molecule is CN(CC(=O)Nc1ccc(NC(=O)c2cccs2)cc1)Cc1ccccc1OC(F)(F)F. The number of halogens is 3. The first kappa shape index (κ1) is 23.3. The van der Waals surface area contributed by atoms with Gasteiger partial charge in [0.05, 0.1) is 11.4 Å². The number of para-hydroxylation sites is 1. The molecule has 2 N–H and O–H groups in total. The van der Waals surface area contributed by atoms with Gasteiger partial charge in [0.25, 0.3) is 5.91 Å². The molecule has 0 aliphatic rings. The van der Waals surface area contributed by atoms with Crippen LogP contribution in [0.3, 0.4) is 0 Å². The first-order valence-electron chi connectivity index (χ1n) is 9.46. The average molecular weight is 463 g/mol. The van der Waals surface area contributed by atoms with Crippen molar-refractivity contribution in [1.29, 1.82) is 0 Å². The molecule has 0 atom stereocenters. The van der Waals surface area contributed by atoms with Gasteiger partial charge in [-0.25, -0.2) is 0 Å². The van der Waals surface area contributed by atoms with E-state index in [1.165, 1.54) is 29.5 Å². The Bertz CT molecular complexity index is 1050. The highest BCUT2D eigenvalue weighted by Crippen LogP contribution is 2.27. The van der Waals surface area contributed by atoms with Gasteiger partial charge in [0.1, 0.15) is 5.75 Å². The molecule has 3 aromatic rings. The van der Waals surface area contributed by atoms with Crippen LogP contribution in [0.1, 0.15) is 15.2 Å². The number of ether oxygens (including phenoxy) is 1. The van der Waals surface area contributed by atoms with E-state index < -0.39 is 6.36 Å². The lowest BCUT2D eigenvalue weighted by Crippen LogP contribution is -2.30. The second kappa shape index (κ2) is 10.3. The number of benzene rings is 2. The zero-order chi connectivity index (χ0) is 23.1. The molecule has 10 heteroatoms. The molecule has 0 spiro atoms. The van der Waals surface area contributed by atoms with Gasteiger partial charge in [0.15, 0.2) is 0 Å². The molecule has 0 bridgehead atoms. The summed E-state index contributed by atoms with van der Waals surface area (Å²) in [5, 5.41) is 7.29. The number of alkyl halides is 3. The Hall–Kier alpha value is -3.37. The lowest BCUT2D eigenvalue weighted by Gasteiger charge is -2.19. The molecular formula is C22H20F3N3O3S. The zero-order valence-corrected chi connectivity index (χ0v) is 17.8. The summed E-state index contributed by atoms with van der Waals surface area (Å²) in [6, 6.07) is 15.9. The van der Waals surface area contributed by atoms with Gasteiger partial charge in [0.2, 0.25) is 5.91 Å². The fraction of sp³-hybridized carbons (Fsp3) is 0.182. The van der Waals surface area contributed by atoms with Gasteiger partial charge in [0, 0.05) is 23.5 Å². The Morgan fingerprint density at radius 2 is 1.62 bits per heavy atom.